The van der Waals surface area contributed by atoms with Gasteiger partial charge in [-0.15, -0.1) is 0 Å². The van der Waals surface area contributed by atoms with Crippen molar-refractivity contribution >= 4 is 6.09 Å². The zero-order chi connectivity index (χ0) is 16.8. The molecule has 1 heterocycles. The number of hydrogen-bond acceptors (Lipinski definition) is 4. The maximum Gasteiger partial charge on any atom is 0.407 e. The molecule has 5 nitrogen and oxygen atoms in total. The van der Waals surface area contributed by atoms with Gasteiger partial charge in [-0.1, -0.05) is 30.3 Å². The van der Waals surface area contributed by atoms with Gasteiger partial charge in [0.1, 0.15) is 6.61 Å². The summed E-state index contributed by atoms with van der Waals surface area (Å²) in [7, 11) is 1.80. The van der Waals surface area contributed by atoms with E-state index in [2.05, 4.69) is 10.2 Å². The Morgan fingerprint density at radius 1 is 1.17 bits per heavy atom. The van der Waals surface area contributed by atoms with E-state index in [0.29, 0.717) is 18.8 Å². The van der Waals surface area contributed by atoms with E-state index in [4.69, 9.17) is 9.47 Å². The largest absolute Gasteiger partial charge is 0.445 e. The third-order valence-corrected chi connectivity index (χ3v) is 5.26. The monoisotopic (exact) mass is 332 g/mol. The molecule has 1 saturated heterocycles. The summed E-state index contributed by atoms with van der Waals surface area (Å²) in [4.78, 5) is 14.5. The number of methoxy groups -OCH3 is 1. The molecule has 1 unspecified atom stereocenters. The highest BCUT2D eigenvalue weighted by atomic mass is 16.5. The fraction of sp³-hybridized carbons (Fsp3) is 0.632. The summed E-state index contributed by atoms with van der Waals surface area (Å²) in [6.45, 7) is 2.52. The molecule has 1 N–H and O–H groups in total. The Morgan fingerprint density at radius 2 is 1.92 bits per heavy atom. The van der Waals surface area contributed by atoms with Crippen LogP contribution in [0.5, 0.6) is 0 Å². The molecule has 132 valence electrons. The molecule has 1 amide bonds. The van der Waals surface area contributed by atoms with Crippen molar-refractivity contribution in [3.05, 3.63) is 35.9 Å². The second-order valence-corrected chi connectivity index (χ2v) is 6.85. The Labute approximate surface area is 144 Å². The number of nitrogens with one attached hydrogen (secondary N) is 1. The first kappa shape index (κ1) is 17.2. The van der Waals surface area contributed by atoms with Crippen LogP contribution in [0.25, 0.3) is 0 Å². The maximum atomic E-state index is 11.9. The topological polar surface area (TPSA) is 50.8 Å². The van der Waals surface area contributed by atoms with Gasteiger partial charge in [-0.2, -0.15) is 0 Å². The molecule has 2 aliphatic rings. The first-order valence-corrected chi connectivity index (χ1v) is 8.98. The van der Waals surface area contributed by atoms with Crippen molar-refractivity contribution in [1.82, 2.24) is 10.2 Å². The van der Waals surface area contributed by atoms with Gasteiger partial charge in [0.05, 0.1) is 6.10 Å². The summed E-state index contributed by atoms with van der Waals surface area (Å²) in [5, 5.41) is 3.02. The molecule has 1 saturated carbocycles. The van der Waals surface area contributed by atoms with Crippen LogP contribution in [-0.2, 0) is 16.1 Å². The molecule has 1 aromatic carbocycles. The van der Waals surface area contributed by atoms with Crippen molar-refractivity contribution in [3.8, 4) is 0 Å². The third-order valence-electron chi connectivity index (χ3n) is 5.26. The van der Waals surface area contributed by atoms with Crippen LogP contribution in [0.15, 0.2) is 30.3 Å². The van der Waals surface area contributed by atoms with Crippen LogP contribution in [0.4, 0.5) is 4.79 Å². The summed E-state index contributed by atoms with van der Waals surface area (Å²) < 4.78 is 10.8. The third kappa shape index (κ3) is 4.71. The second-order valence-electron chi connectivity index (χ2n) is 6.85. The minimum atomic E-state index is -0.303. The lowest BCUT2D eigenvalue weighted by Crippen LogP contribution is -2.43. The summed E-state index contributed by atoms with van der Waals surface area (Å²) >= 11 is 0. The van der Waals surface area contributed by atoms with E-state index in [1.807, 2.05) is 30.3 Å². The molecule has 3 rings (SSSR count). The number of carbonyl (C=O) groups is 1. The fourth-order valence-corrected chi connectivity index (χ4v) is 3.79. The molecule has 1 aromatic rings. The van der Waals surface area contributed by atoms with Crippen LogP contribution in [0.2, 0.25) is 0 Å². The van der Waals surface area contributed by atoms with Crippen LogP contribution in [0, 0.1) is 0 Å². The molecule has 5 heteroatoms. The number of benzene rings is 1. The van der Waals surface area contributed by atoms with Crippen molar-refractivity contribution in [2.75, 3.05) is 20.2 Å². The van der Waals surface area contributed by atoms with Crippen molar-refractivity contribution in [1.29, 1.82) is 0 Å². The fourth-order valence-electron chi connectivity index (χ4n) is 3.79. The van der Waals surface area contributed by atoms with Crippen molar-refractivity contribution in [2.24, 2.45) is 0 Å². The number of alkyl carbamates (subject to hydrolysis) is 1. The van der Waals surface area contributed by atoms with Gasteiger partial charge in [-0.05, 0) is 37.7 Å². The van der Waals surface area contributed by atoms with Crippen LogP contribution in [0.3, 0.4) is 0 Å². The molecular weight excluding hydrogens is 304 g/mol. The smallest absolute Gasteiger partial charge is 0.407 e. The van der Waals surface area contributed by atoms with Crippen molar-refractivity contribution in [3.63, 3.8) is 0 Å². The SMILES string of the molecule is COC1CCN(C2CCC(NC(=O)OCc3ccccc3)CC2)C1. The van der Waals surface area contributed by atoms with E-state index in [1.165, 1.54) is 0 Å². The van der Waals surface area contributed by atoms with Crippen molar-refractivity contribution < 1.29 is 14.3 Å². The van der Waals surface area contributed by atoms with Gasteiger partial charge in [0.25, 0.3) is 0 Å². The van der Waals surface area contributed by atoms with Gasteiger partial charge in [-0.3, -0.25) is 4.90 Å². The minimum Gasteiger partial charge on any atom is -0.445 e. The van der Waals surface area contributed by atoms with Gasteiger partial charge < -0.3 is 14.8 Å². The van der Waals surface area contributed by atoms with E-state index in [9.17, 15) is 4.79 Å². The summed E-state index contributed by atoms with van der Waals surface area (Å²) in [5.74, 6) is 0. The molecule has 0 aromatic heterocycles. The Bertz CT molecular complexity index is 515. The van der Waals surface area contributed by atoms with Crippen LogP contribution in [-0.4, -0.2) is 49.4 Å². The first-order valence-electron chi connectivity index (χ1n) is 8.98. The highest BCUT2D eigenvalue weighted by molar-refractivity contribution is 5.67. The highest BCUT2D eigenvalue weighted by Crippen LogP contribution is 2.26. The van der Waals surface area contributed by atoms with E-state index in [1.54, 1.807) is 7.11 Å². The summed E-state index contributed by atoms with van der Waals surface area (Å²) in [6.07, 6.45) is 5.57. The number of rotatable bonds is 5. The quantitative estimate of drug-likeness (QED) is 0.901. The summed E-state index contributed by atoms with van der Waals surface area (Å²) in [5.41, 5.74) is 1.01. The lowest BCUT2D eigenvalue weighted by Gasteiger charge is -2.34. The van der Waals surface area contributed by atoms with Gasteiger partial charge in [-0.25, -0.2) is 4.79 Å². The van der Waals surface area contributed by atoms with E-state index in [0.717, 1.165) is 50.8 Å². The average Bonchev–Trinajstić information content (AvgIpc) is 3.11. The number of hydrogen-bond donors (Lipinski definition) is 1. The lowest BCUT2D eigenvalue weighted by atomic mass is 9.90. The Kier molecular flexibility index (Phi) is 6.10. The average molecular weight is 332 g/mol. The Hall–Kier alpha value is -1.59. The van der Waals surface area contributed by atoms with Crippen LogP contribution >= 0.6 is 0 Å². The molecule has 1 atom stereocenters. The Morgan fingerprint density at radius 3 is 2.58 bits per heavy atom. The molecule has 24 heavy (non-hydrogen) atoms. The number of likely N-dealkylation sites (tertiary alicyclic amines) is 1. The standard InChI is InChI=1S/C19H28N2O3/c1-23-18-11-12-21(13-18)17-9-7-16(8-10-17)20-19(22)24-14-15-5-3-2-4-6-15/h2-6,16-18H,7-14H2,1H3,(H,20,22). The summed E-state index contributed by atoms with van der Waals surface area (Å²) in [6, 6.07) is 10.7. The molecule has 0 bridgehead atoms. The van der Waals surface area contributed by atoms with Gasteiger partial charge in [0, 0.05) is 32.3 Å². The molecule has 2 fully saturated rings. The molecular formula is C19H28N2O3. The number of nitrogens with zero attached hydrogens (tertiary/aromatic N) is 1. The highest BCUT2D eigenvalue weighted by Gasteiger charge is 2.31. The van der Waals surface area contributed by atoms with Crippen molar-refractivity contribution in [2.45, 2.75) is 56.9 Å². The van der Waals surface area contributed by atoms with E-state index >= 15 is 0 Å². The van der Waals surface area contributed by atoms with E-state index in [-0.39, 0.29) is 12.1 Å². The zero-order valence-corrected chi connectivity index (χ0v) is 14.4. The Balaban J connectivity index is 1.35. The predicted molar refractivity (Wildman–Crippen MR) is 92.8 cm³/mol. The molecule has 0 spiro atoms. The molecule has 1 aliphatic heterocycles. The van der Waals surface area contributed by atoms with Gasteiger partial charge in [0.15, 0.2) is 0 Å². The number of ether oxygens (including phenoxy) is 2. The predicted octanol–water partition coefficient (Wildman–Crippen LogP) is 2.94. The van der Waals surface area contributed by atoms with Crippen LogP contribution in [0.1, 0.15) is 37.7 Å². The zero-order valence-electron chi connectivity index (χ0n) is 14.4. The first-order chi connectivity index (χ1) is 11.7. The van der Waals surface area contributed by atoms with Gasteiger partial charge in [0.2, 0.25) is 0 Å². The normalized spacial score (nSPS) is 27.8. The molecule has 0 radical (unpaired) electrons. The number of carbonyl (C=O) groups excluding carboxylic acids is 1. The molecule has 1 aliphatic carbocycles. The van der Waals surface area contributed by atoms with Gasteiger partial charge >= 0.3 is 6.09 Å². The van der Waals surface area contributed by atoms with Crippen LogP contribution < -0.4 is 5.32 Å². The lowest BCUT2D eigenvalue weighted by molar-refractivity contribution is 0.0919. The maximum absolute atomic E-state index is 11.9. The second kappa shape index (κ2) is 8.49. The number of amides is 1. The van der Waals surface area contributed by atoms with E-state index < -0.39 is 0 Å². The minimum absolute atomic E-state index is 0.241.